The molecule has 1 aliphatic heterocycles. The van der Waals surface area contributed by atoms with Crippen LogP contribution < -0.4 is 0 Å². The number of rotatable bonds is 3. The predicted molar refractivity (Wildman–Crippen MR) is 57.2 cm³/mol. The van der Waals surface area contributed by atoms with Crippen molar-refractivity contribution in [2.75, 3.05) is 13.2 Å². The summed E-state index contributed by atoms with van der Waals surface area (Å²) in [7, 11) is -4.67. The number of nitrogens with zero attached hydrogens (tertiary/aromatic N) is 2. The molecular formula is C8H16N2O4S. The molecule has 0 radical (unpaired) electrons. The lowest BCUT2D eigenvalue weighted by molar-refractivity contribution is 0.315. The summed E-state index contributed by atoms with van der Waals surface area (Å²) in [5.74, 6) is 0. The van der Waals surface area contributed by atoms with Crippen molar-refractivity contribution in [2.45, 2.75) is 13.3 Å². The van der Waals surface area contributed by atoms with E-state index in [0.717, 1.165) is 13.2 Å². The first-order valence-electron chi connectivity index (χ1n) is 4.37. The summed E-state index contributed by atoms with van der Waals surface area (Å²) in [4.78, 5) is 4.33. The van der Waals surface area contributed by atoms with Crippen molar-refractivity contribution in [3.05, 3.63) is 25.2 Å². The maximum atomic E-state index is 8.74. The summed E-state index contributed by atoms with van der Waals surface area (Å²) in [6.45, 7) is 7.98. The van der Waals surface area contributed by atoms with Gasteiger partial charge in [0, 0.05) is 18.9 Å². The van der Waals surface area contributed by atoms with E-state index < -0.39 is 10.4 Å². The first kappa shape index (κ1) is 13.9. The van der Waals surface area contributed by atoms with Gasteiger partial charge in [-0.15, -0.1) is 0 Å². The van der Waals surface area contributed by atoms with Crippen molar-refractivity contribution in [3.8, 4) is 0 Å². The van der Waals surface area contributed by atoms with Gasteiger partial charge in [0.2, 0.25) is 0 Å². The minimum absolute atomic E-state index is 0.970. The van der Waals surface area contributed by atoms with Crippen LogP contribution in [0.25, 0.3) is 0 Å². The van der Waals surface area contributed by atoms with Gasteiger partial charge in [0.05, 0.1) is 6.67 Å². The quantitative estimate of drug-likeness (QED) is 0.710. The van der Waals surface area contributed by atoms with E-state index in [1.807, 2.05) is 12.4 Å². The highest BCUT2D eigenvalue weighted by Gasteiger charge is 2.06. The van der Waals surface area contributed by atoms with E-state index in [1.54, 1.807) is 0 Å². The van der Waals surface area contributed by atoms with Crippen LogP contribution in [-0.4, -0.2) is 40.5 Å². The van der Waals surface area contributed by atoms with Gasteiger partial charge >= 0.3 is 10.4 Å². The summed E-state index contributed by atoms with van der Waals surface area (Å²) >= 11 is 0. The van der Waals surface area contributed by atoms with Gasteiger partial charge in [0.1, 0.15) is 0 Å². The third-order valence-corrected chi connectivity index (χ3v) is 1.56. The molecule has 0 amide bonds. The van der Waals surface area contributed by atoms with E-state index in [2.05, 4.69) is 29.5 Å². The van der Waals surface area contributed by atoms with Gasteiger partial charge in [-0.1, -0.05) is 13.5 Å². The summed E-state index contributed by atoms with van der Waals surface area (Å²) < 4.78 is 31.6. The number of hydrogen-bond donors (Lipinski definition) is 2. The van der Waals surface area contributed by atoms with Crippen LogP contribution in [0.5, 0.6) is 0 Å². The van der Waals surface area contributed by atoms with Gasteiger partial charge in [-0.3, -0.25) is 9.11 Å². The Morgan fingerprint density at radius 2 is 2.00 bits per heavy atom. The van der Waals surface area contributed by atoms with E-state index in [0.29, 0.717) is 0 Å². The lowest BCUT2D eigenvalue weighted by atomic mass is 10.4. The van der Waals surface area contributed by atoms with Crippen molar-refractivity contribution in [1.29, 1.82) is 0 Å². The van der Waals surface area contributed by atoms with Gasteiger partial charge < -0.3 is 9.80 Å². The molecule has 88 valence electrons. The van der Waals surface area contributed by atoms with Crippen LogP contribution in [0.1, 0.15) is 13.3 Å². The van der Waals surface area contributed by atoms with Crippen molar-refractivity contribution in [1.82, 2.24) is 9.80 Å². The van der Waals surface area contributed by atoms with Gasteiger partial charge in [-0.2, -0.15) is 8.42 Å². The summed E-state index contributed by atoms with van der Waals surface area (Å²) in [6.07, 6.45) is 7.19. The smallest absolute Gasteiger partial charge is 0.358 e. The van der Waals surface area contributed by atoms with E-state index in [4.69, 9.17) is 17.5 Å². The minimum Gasteiger partial charge on any atom is -0.358 e. The fourth-order valence-electron chi connectivity index (χ4n) is 1.03. The first-order valence-corrected chi connectivity index (χ1v) is 5.77. The molecule has 1 rings (SSSR count). The normalized spacial score (nSPS) is 14.9. The summed E-state index contributed by atoms with van der Waals surface area (Å²) in [5.41, 5.74) is 0. The van der Waals surface area contributed by atoms with E-state index in [9.17, 15) is 0 Å². The molecule has 0 bridgehead atoms. The molecule has 2 N–H and O–H groups in total. The summed E-state index contributed by atoms with van der Waals surface area (Å²) in [5, 5.41) is 0. The largest absolute Gasteiger partial charge is 0.394 e. The van der Waals surface area contributed by atoms with Crippen molar-refractivity contribution in [2.24, 2.45) is 0 Å². The lowest BCUT2D eigenvalue weighted by Gasteiger charge is -2.16. The zero-order valence-corrected chi connectivity index (χ0v) is 9.39. The Morgan fingerprint density at radius 3 is 2.33 bits per heavy atom. The molecule has 6 nitrogen and oxygen atoms in total. The molecule has 7 heteroatoms. The zero-order valence-electron chi connectivity index (χ0n) is 8.57. The molecule has 0 aromatic carbocycles. The molecule has 0 atom stereocenters. The monoisotopic (exact) mass is 236 g/mol. The second-order valence-electron chi connectivity index (χ2n) is 2.90. The fourth-order valence-corrected chi connectivity index (χ4v) is 1.03. The molecule has 0 saturated heterocycles. The highest BCUT2D eigenvalue weighted by atomic mass is 32.3. The Hall–Kier alpha value is -1.05. The van der Waals surface area contributed by atoms with Gasteiger partial charge in [0.25, 0.3) is 0 Å². The van der Waals surface area contributed by atoms with Crippen LogP contribution in [0.3, 0.4) is 0 Å². The highest BCUT2D eigenvalue weighted by Crippen LogP contribution is 2.05. The Bertz CT molecular complexity index is 305. The first-order chi connectivity index (χ1) is 6.86. The van der Waals surface area contributed by atoms with Gasteiger partial charge in [-0.05, 0) is 12.6 Å². The highest BCUT2D eigenvalue weighted by molar-refractivity contribution is 7.79. The fraction of sp³-hybridized carbons (Fsp3) is 0.500. The molecule has 15 heavy (non-hydrogen) atoms. The van der Waals surface area contributed by atoms with Crippen molar-refractivity contribution < 1.29 is 17.5 Å². The maximum Gasteiger partial charge on any atom is 0.394 e. The van der Waals surface area contributed by atoms with Gasteiger partial charge in [-0.25, -0.2) is 0 Å². The second kappa shape index (κ2) is 6.44. The molecule has 0 aliphatic carbocycles. The predicted octanol–water partition coefficient (Wildman–Crippen LogP) is 0.933. The van der Waals surface area contributed by atoms with Crippen molar-refractivity contribution in [3.63, 3.8) is 0 Å². The van der Waals surface area contributed by atoms with Gasteiger partial charge in [0.15, 0.2) is 0 Å². The molecule has 0 saturated carbocycles. The molecule has 0 spiro atoms. The molecule has 0 aromatic rings. The standard InChI is InChI=1S/C8H14N2.H2O4S/c1-3-5-10-7-6-9(4-2)8-10;1-5(2,3)4/h4,6-7H,2-3,5,8H2,1H3;(H2,1,2,3,4). The van der Waals surface area contributed by atoms with Crippen LogP contribution in [0.2, 0.25) is 0 Å². The van der Waals surface area contributed by atoms with Crippen LogP contribution >= 0.6 is 0 Å². The minimum atomic E-state index is -4.67. The maximum absolute atomic E-state index is 8.74. The molecule has 1 heterocycles. The third kappa shape index (κ3) is 9.26. The van der Waals surface area contributed by atoms with Crippen LogP contribution in [-0.2, 0) is 10.4 Å². The summed E-state index contributed by atoms with van der Waals surface area (Å²) in [6, 6.07) is 0. The Balaban J connectivity index is 0.000000336. The van der Waals surface area contributed by atoms with E-state index in [1.165, 1.54) is 6.42 Å². The Kier molecular flexibility index (Phi) is 5.99. The Labute approximate surface area is 90.1 Å². The molecular weight excluding hydrogens is 220 g/mol. The van der Waals surface area contributed by atoms with Crippen LogP contribution in [0.15, 0.2) is 25.2 Å². The van der Waals surface area contributed by atoms with Crippen LogP contribution in [0, 0.1) is 0 Å². The molecule has 0 fully saturated rings. The van der Waals surface area contributed by atoms with Crippen molar-refractivity contribution >= 4 is 10.4 Å². The molecule has 1 aliphatic rings. The average Bonchev–Trinajstić information content (AvgIpc) is 2.50. The Morgan fingerprint density at radius 1 is 1.47 bits per heavy atom. The van der Waals surface area contributed by atoms with E-state index >= 15 is 0 Å². The second-order valence-corrected chi connectivity index (χ2v) is 3.79. The SMILES string of the molecule is C=CN1C=CN(CCC)C1.O=S(=O)(O)O. The molecule has 0 unspecified atom stereocenters. The topological polar surface area (TPSA) is 81.1 Å². The third-order valence-electron chi connectivity index (χ3n) is 1.56. The lowest BCUT2D eigenvalue weighted by Crippen LogP contribution is -2.22. The average molecular weight is 236 g/mol. The molecule has 0 aromatic heterocycles. The van der Waals surface area contributed by atoms with Crippen LogP contribution in [0.4, 0.5) is 0 Å². The van der Waals surface area contributed by atoms with E-state index in [-0.39, 0.29) is 0 Å². The zero-order chi connectivity index (χ0) is 11.9. The number of hydrogen-bond acceptors (Lipinski definition) is 4.